The summed E-state index contributed by atoms with van der Waals surface area (Å²) >= 11 is 0. The summed E-state index contributed by atoms with van der Waals surface area (Å²) in [5.74, 6) is -0.860. The Labute approximate surface area is 143 Å². The quantitative estimate of drug-likeness (QED) is 0.642. The summed E-state index contributed by atoms with van der Waals surface area (Å²) in [5, 5.41) is 15.0. The lowest BCUT2D eigenvalue weighted by Crippen LogP contribution is -2.65. The molecule has 1 heterocycles. The number of hydrogen-bond acceptors (Lipinski definition) is 3. The van der Waals surface area contributed by atoms with Crippen LogP contribution in [0.3, 0.4) is 0 Å². The zero-order valence-corrected chi connectivity index (χ0v) is 15.0. The zero-order chi connectivity index (χ0) is 18.5. The number of likely N-dealkylation sites (tertiary alicyclic amines) is 1. The standard InChI is InChI=1S/C17H29N3O4/c1-6-7-9-17(18-12(2)21,14(22)19-16(3,4)5)13-8-10-20(11-13)15(23)24/h6,13H,1,7-11H2,2-5H3,(H,18,21)(H,19,22)(H,23,24). The van der Waals surface area contributed by atoms with Gasteiger partial charge in [0.2, 0.25) is 11.8 Å². The Kier molecular flexibility index (Phi) is 6.40. The molecule has 1 saturated heterocycles. The third-order valence-corrected chi connectivity index (χ3v) is 4.19. The third-order valence-electron chi connectivity index (χ3n) is 4.19. The molecule has 1 aliphatic heterocycles. The molecule has 136 valence electrons. The maximum absolute atomic E-state index is 13.1. The van der Waals surface area contributed by atoms with Crippen molar-refractivity contribution >= 4 is 17.9 Å². The van der Waals surface area contributed by atoms with Gasteiger partial charge in [-0.1, -0.05) is 6.08 Å². The Balaban J connectivity index is 3.20. The van der Waals surface area contributed by atoms with Crippen LogP contribution in [0.4, 0.5) is 4.79 Å². The molecule has 0 bridgehead atoms. The Morgan fingerprint density at radius 1 is 1.29 bits per heavy atom. The SMILES string of the molecule is C=CCCC(NC(C)=O)(C(=O)NC(C)(C)C)C1CCN(C(=O)O)C1. The Morgan fingerprint density at radius 3 is 2.33 bits per heavy atom. The van der Waals surface area contributed by atoms with E-state index in [4.69, 9.17) is 0 Å². The van der Waals surface area contributed by atoms with Gasteiger partial charge in [0.05, 0.1) is 0 Å². The first kappa shape index (κ1) is 20.0. The molecule has 24 heavy (non-hydrogen) atoms. The van der Waals surface area contributed by atoms with E-state index in [1.54, 1.807) is 6.08 Å². The van der Waals surface area contributed by atoms with Gasteiger partial charge >= 0.3 is 6.09 Å². The Morgan fingerprint density at radius 2 is 1.92 bits per heavy atom. The first-order chi connectivity index (χ1) is 11.0. The van der Waals surface area contributed by atoms with E-state index >= 15 is 0 Å². The molecule has 0 aromatic carbocycles. The maximum Gasteiger partial charge on any atom is 0.407 e. The van der Waals surface area contributed by atoms with Gasteiger partial charge in [-0.25, -0.2) is 4.79 Å². The van der Waals surface area contributed by atoms with Crippen molar-refractivity contribution in [3.63, 3.8) is 0 Å². The molecule has 0 aromatic heterocycles. The van der Waals surface area contributed by atoms with Crippen LogP contribution < -0.4 is 10.6 Å². The number of nitrogens with zero attached hydrogens (tertiary/aromatic N) is 1. The van der Waals surface area contributed by atoms with Crippen LogP contribution in [0.25, 0.3) is 0 Å². The largest absolute Gasteiger partial charge is 0.465 e. The van der Waals surface area contributed by atoms with Crippen molar-refractivity contribution in [1.29, 1.82) is 0 Å². The predicted octanol–water partition coefficient (Wildman–Crippen LogP) is 1.74. The molecule has 3 amide bonds. The van der Waals surface area contributed by atoms with Crippen LogP contribution in [0.1, 0.15) is 47.0 Å². The summed E-state index contributed by atoms with van der Waals surface area (Å²) in [7, 11) is 0. The number of carbonyl (C=O) groups excluding carboxylic acids is 2. The summed E-state index contributed by atoms with van der Waals surface area (Å²) in [6.07, 6.45) is 2.15. The van der Waals surface area contributed by atoms with E-state index in [1.165, 1.54) is 11.8 Å². The van der Waals surface area contributed by atoms with Crippen LogP contribution >= 0.6 is 0 Å². The first-order valence-electron chi connectivity index (χ1n) is 8.22. The molecule has 7 nitrogen and oxygen atoms in total. The van der Waals surface area contributed by atoms with Crippen molar-refractivity contribution in [1.82, 2.24) is 15.5 Å². The second-order valence-corrected chi connectivity index (χ2v) is 7.40. The van der Waals surface area contributed by atoms with Gasteiger partial charge in [-0.15, -0.1) is 6.58 Å². The van der Waals surface area contributed by atoms with Crippen molar-refractivity contribution < 1.29 is 19.5 Å². The lowest BCUT2D eigenvalue weighted by molar-refractivity contribution is -0.136. The number of carboxylic acid groups (broad SMARTS) is 1. The van der Waals surface area contributed by atoms with Crippen molar-refractivity contribution in [3.8, 4) is 0 Å². The number of nitrogens with one attached hydrogen (secondary N) is 2. The van der Waals surface area contributed by atoms with Crippen LogP contribution in [0.5, 0.6) is 0 Å². The van der Waals surface area contributed by atoms with Crippen LogP contribution in [0, 0.1) is 5.92 Å². The molecule has 7 heteroatoms. The highest BCUT2D eigenvalue weighted by Crippen LogP contribution is 2.33. The molecule has 1 aliphatic rings. The minimum absolute atomic E-state index is 0.227. The number of allylic oxidation sites excluding steroid dienone is 1. The highest BCUT2D eigenvalue weighted by molar-refractivity contribution is 5.92. The number of carbonyl (C=O) groups is 3. The average molecular weight is 339 g/mol. The number of amides is 3. The van der Waals surface area contributed by atoms with Gasteiger partial charge in [0.1, 0.15) is 5.54 Å². The summed E-state index contributed by atoms with van der Waals surface area (Å²) in [4.78, 5) is 37.4. The lowest BCUT2D eigenvalue weighted by atomic mass is 9.77. The normalized spacial score (nSPS) is 20.2. The van der Waals surface area contributed by atoms with Gasteiger partial charge in [-0.3, -0.25) is 9.59 Å². The van der Waals surface area contributed by atoms with E-state index in [0.29, 0.717) is 25.8 Å². The molecule has 0 saturated carbocycles. The van der Waals surface area contributed by atoms with E-state index in [1.807, 2.05) is 20.8 Å². The van der Waals surface area contributed by atoms with Gasteiger partial charge in [-0.05, 0) is 40.0 Å². The molecule has 0 radical (unpaired) electrons. The third kappa shape index (κ3) is 4.97. The molecule has 1 rings (SSSR count). The highest BCUT2D eigenvalue weighted by atomic mass is 16.4. The highest BCUT2D eigenvalue weighted by Gasteiger charge is 2.49. The molecule has 0 spiro atoms. The number of hydrogen-bond donors (Lipinski definition) is 3. The fraction of sp³-hybridized carbons (Fsp3) is 0.706. The fourth-order valence-electron chi connectivity index (χ4n) is 3.16. The molecule has 3 N–H and O–H groups in total. The van der Waals surface area contributed by atoms with Gasteiger partial charge in [0, 0.05) is 31.5 Å². The molecular weight excluding hydrogens is 310 g/mol. The lowest BCUT2D eigenvalue weighted by Gasteiger charge is -2.40. The van der Waals surface area contributed by atoms with E-state index < -0.39 is 17.2 Å². The number of rotatable bonds is 6. The van der Waals surface area contributed by atoms with Crippen molar-refractivity contribution in [2.75, 3.05) is 13.1 Å². The molecular formula is C17H29N3O4. The Hall–Kier alpha value is -2.05. The summed E-state index contributed by atoms with van der Waals surface area (Å²) < 4.78 is 0. The van der Waals surface area contributed by atoms with E-state index in [2.05, 4.69) is 17.2 Å². The smallest absolute Gasteiger partial charge is 0.407 e. The fourth-order valence-corrected chi connectivity index (χ4v) is 3.16. The minimum atomic E-state index is -1.14. The van der Waals surface area contributed by atoms with Gasteiger partial charge < -0.3 is 20.6 Å². The predicted molar refractivity (Wildman–Crippen MR) is 91.6 cm³/mol. The second-order valence-electron chi connectivity index (χ2n) is 7.40. The van der Waals surface area contributed by atoms with Crippen LogP contribution in [0.2, 0.25) is 0 Å². The van der Waals surface area contributed by atoms with E-state index in [0.717, 1.165) is 0 Å². The molecule has 1 fully saturated rings. The maximum atomic E-state index is 13.1. The van der Waals surface area contributed by atoms with Gasteiger partial charge in [-0.2, -0.15) is 0 Å². The minimum Gasteiger partial charge on any atom is -0.465 e. The first-order valence-corrected chi connectivity index (χ1v) is 8.22. The summed E-state index contributed by atoms with van der Waals surface area (Å²) in [6, 6.07) is 0. The van der Waals surface area contributed by atoms with Crippen LogP contribution in [0.15, 0.2) is 12.7 Å². The molecule has 0 aromatic rings. The van der Waals surface area contributed by atoms with Crippen LogP contribution in [-0.4, -0.2) is 52.1 Å². The topological polar surface area (TPSA) is 98.7 Å². The molecule has 0 aliphatic carbocycles. The van der Waals surface area contributed by atoms with E-state index in [9.17, 15) is 19.5 Å². The van der Waals surface area contributed by atoms with Gasteiger partial charge in [0.25, 0.3) is 0 Å². The van der Waals surface area contributed by atoms with Gasteiger partial charge in [0.15, 0.2) is 0 Å². The van der Waals surface area contributed by atoms with Crippen LogP contribution in [-0.2, 0) is 9.59 Å². The zero-order valence-electron chi connectivity index (χ0n) is 15.0. The Bertz CT molecular complexity index is 512. The average Bonchev–Trinajstić information content (AvgIpc) is 2.91. The second kappa shape index (κ2) is 7.68. The molecule has 2 unspecified atom stereocenters. The molecule has 2 atom stereocenters. The van der Waals surface area contributed by atoms with Crippen molar-refractivity contribution in [2.45, 2.75) is 58.0 Å². The summed E-state index contributed by atoms with van der Waals surface area (Å²) in [6.45, 7) is 11.3. The van der Waals surface area contributed by atoms with Crippen molar-refractivity contribution in [3.05, 3.63) is 12.7 Å². The van der Waals surface area contributed by atoms with Crippen molar-refractivity contribution in [2.24, 2.45) is 5.92 Å². The monoisotopic (exact) mass is 339 g/mol. The summed E-state index contributed by atoms with van der Waals surface area (Å²) in [5.41, 5.74) is -1.60. The van der Waals surface area contributed by atoms with E-state index in [-0.39, 0.29) is 24.3 Å².